The highest BCUT2D eigenvalue weighted by molar-refractivity contribution is 6.34. The molecule has 4 heterocycles. The number of carbonyl (C=O) groups excluding carboxylic acids is 1. The third kappa shape index (κ3) is 4.07. The zero-order valence-electron chi connectivity index (χ0n) is 17.5. The Hall–Kier alpha value is -2.77. The largest absolute Gasteiger partial charge is 0.488 e. The standard InChI is InChI=1S/C23H26ClN5O2/c1-15(17-11-22(30)26-12-17)31-21-10-18(14-29-23(21)20(24)13-27-29)16-2-4-19(5-3-16)28-8-6-25-7-9-28/h2-5,10,13-15,17,25H,6-9,11-12H2,1H3,(H,26,30)/t15-,17?/m1/s1. The number of pyridine rings is 1. The Kier molecular flexibility index (Phi) is 5.46. The summed E-state index contributed by atoms with van der Waals surface area (Å²) in [4.78, 5) is 14.0. The number of piperazine rings is 1. The number of ether oxygens (including phenoxy) is 1. The molecule has 2 N–H and O–H groups in total. The highest BCUT2D eigenvalue weighted by atomic mass is 35.5. The van der Waals surface area contributed by atoms with Crippen molar-refractivity contribution in [1.29, 1.82) is 0 Å². The van der Waals surface area contributed by atoms with Gasteiger partial charge in [0.2, 0.25) is 5.91 Å². The van der Waals surface area contributed by atoms with Crippen LogP contribution in [0, 0.1) is 5.92 Å². The van der Waals surface area contributed by atoms with Crippen molar-refractivity contribution in [3.05, 3.63) is 47.7 Å². The van der Waals surface area contributed by atoms with E-state index in [9.17, 15) is 4.79 Å². The van der Waals surface area contributed by atoms with E-state index in [0.717, 1.165) is 42.8 Å². The molecule has 2 aliphatic heterocycles. The van der Waals surface area contributed by atoms with Crippen LogP contribution in [0.4, 0.5) is 5.69 Å². The Bertz CT molecular complexity index is 1090. The lowest BCUT2D eigenvalue weighted by atomic mass is 10.0. The topological polar surface area (TPSA) is 70.9 Å². The average Bonchev–Trinajstić information content (AvgIpc) is 3.40. The smallest absolute Gasteiger partial charge is 0.220 e. The molecular formula is C23H26ClN5O2. The zero-order chi connectivity index (χ0) is 21.4. The van der Waals surface area contributed by atoms with Gasteiger partial charge >= 0.3 is 0 Å². The van der Waals surface area contributed by atoms with Gasteiger partial charge in [-0.25, -0.2) is 4.52 Å². The maximum Gasteiger partial charge on any atom is 0.220 e. The lowest BCUT2D eigenvalue weighted by Gasteiger charge is -2.29. The van der Waals surface area contributed by atoms with Crippen molar-refractivity contribution in [3.63, 3.8) is 0 Å². The van der Waals surface area contributed by atoms with E-state index in [1.807, 2.05) is 19.2 Å². The number of benzene rings is 1. The van der Waals surface area contributed by atoms with Gasteiger partial charge in [0, 0.05) is 62.5 Å². The van der Waals surface area contributed by atoms with Crippen molar-refractivity contribution in [1.82, 2.24) is 20.2 Å². The number of amides is 1. The number of hydrogen-bond donors (Lipinski definition) is 2. The van der Waals surface area contributed by atoms with Crippen molar-refractivity contribution in [2.45, 2.75) is 19.4 Å². The molecule has 2 aliphatic rings. The highest BCUT2D eigenvalue weighted by Gasteiger charge is 2.28. The summed E-state index contributed by atoms with van der Waals surface area (Å²) in [5.41, 5.74) is 4.06. The second kappa shape index (κ2) is 8.40. The molecule has 0 bridgehead atoms. The van der Waals surface area contributed by atoms with Crippen LogP contribution in [0.3, 0.4) is 0 Å². The first-order chi connectivity index (χ1) is 15.1. The third-order valence-electron chi connectivity index (χ3n) is 6.20. The summed E-state index contributed by atoms with van der Waals surface area (Å²) in [5.74, 6) is 0.889. The van der Waals surface area contributed by atoms with Gasteiger partial charge < -0.3 is 20.3 Å². The summed E-state index contributed by atoms with van der Waals surface area (Å²) in [6, 6.07) is 10.6. The van der Waals surface area contributed by atoms with E-state index in [1.165, 1.54) is 5.69 Å². The summed E-state index contributed by atoms with van der Waals surface area (Å²) < 4.78 is 8.09. The van der Waals surface area contributed by atoms with Crippen molar-refractivity contribution >= 4 is 28.7 Å². The summed E-state index contributed by atoms with van der Waals surface area (Å²) in [6.07, 6.45) is 3.96. The van der Waals surface area contributed by atoms with E-state index in [1.54, 1.807) is 10.7 Å². The van der Waals surface area contributed by atoms with Crippen molar-refractivity contribution < 1.29 is 9.53 Å². The number of nitrogens with one attached hydrogen (secondary N) is 2. The predicted octanol–water partition coefficient (Wildman–Crippen LogP) is 2.97. The fourth-order valence-electron chi connectivity index (χ4n) is 4.34. The number of hydrogen-bond acceptors (Lipinski definition) is 5. The molecule has 1 aromatic carbocycles. The molecule has 1 amide bonds. The lowest BCUT2D eigenvalue weighted by molar-refractivity contribution is -0.119. The van der Waals surface area contributed by atoms with Crippen molar-refractivity contribution in [2.75, 3.05) is 37.6 Å². The fourth-order valence-corrected chi connectivity index (χ4v) is 4.56. The summed E-state index contributed by atoms with van der Waals surface area (Å²) in [6.45, 7) is 6.70. The first-order valence-electron chi connectivity index (χ1n) is 10.7. The molecule has 7 nitrogen and oxygen atoms in total. The highest BCUT2D eigenvalue weighted by Crippen LogP contribution is 2.34. The van der Waals surface area contributed by atoms with Crippen LogP contribution < -0.4 is 20.3 Å². The molecule has 5 rings (SSSR count). The fraction of sp³-hybridized carbons (Fsp3) is 0.391. The van der Waals surface area contributed by atoms with E-state index in [0.29, 0.717) is 23.7 Å². The Morgan fingerprint density at radius 3 is 2.68 bits per heavy atom. The van der Waals surface area contributed by atoms with E-state index < -0.39 is 0 Å². The van der Waals surface area contributed by atoms with Gasteiger partial charge in [0.1, 0.15) is 17.4 Å². The zero-order valence-corrected chi connectivity index (χ0v) is 18.2. The Morgan fingerprint density at radius 2 is 1.97 bits per heavy atom. The number of halogens is 1. The molecular weight excluding hydrogens is 414 g/mol. The molecule has 1 unspecified atom stereocenters. The Balaban J connectivity index is 1.44. The van der Waals surface area contributed by atoms with Crippen LogP contribution in [-0.4, -0.2) is 54.3 Å². The maximum absolute atomic E-state index is 11.6. The summed E-state index contributed by atoms with van der Waals surface area (Å²) in [7, 11) is 0. The molecule has 2 aromatic heterocycles. The van der Waals surface area contributed by atoms with Crippen molar-refractivity contribution in [3.8, 4) is 16.9 Å². The molecule has 3 aromatic rings. The van der Waals surface area contributed by atoms with Gasteiger partial charge in [-0.1, -0.05) is 23.7 Å². The van der Waals surface area contributed by atoms with Crippen LogP contribution in [0.2, 0.25) is 5.02 Å². The quantitative estimate of drug-likeness (QED) is 0.639. The van der Waals surface area contributed by atoms with Crippen LogP contribution in [0.25, 0.3) is 16.6 Å². The van der Waals surface area contributed by atoms with E-state index in [4.69, 9.17) is 16.3 Å². The van der Waals surface area contributed by atoms with Gasteiger partial charge in [0.05, 0.1) is 11.2 Å². The molecule has 0 spiro atoms. The normalized spacial score (nSPS) is 20.1. The van der Waals surface area contributed by atoms with Gasteiger partial charge in [-0.3, -0.25) is 4.79 Å². The van der Waals surface area contributed by atoms with Gasteiger partial charge in [-0.15, -0.1) is 0 Å². The van der Waals surface area contributed by atoms with Gasteiger partial charge in [-0.05, 0) is 30.7 Å². The molecule has 2 fully saturated rings. The van der Waals surface area contributed by atoms with E-state index in [-0.39, 0.29) is 17.9 Å². The molecule has 162 valence electrons. The first-order valence-corrected chi connectivity index (χ1v) is 11.1. The second-order valence-corrected chi connectivity index (χ2v) is 8.66. The summed E-state index contributed by atoms with van der Waals surface area (Å²) in [5, 5.41) is 11.2. The van der Waals surface area contributed by atoms with Crippen LogP contribution >= 0.6 is 11.6 Å². The average molecular weight is 440 g/mol. The van der Waals surface area contributed by atoms with Crippen LogP contribution in [-0.2, 0) is 4.79 Å². The molecule has 31 heavy (non-hydrogen) atoms. The minimum atomic E-state index is -0.126. The van der Waals surface area contributed by atoms with Crippen LogP contribution in [0.15, 0.2) is 42.7 Å². The van der Waals surface area contributed by atoms with Crippen molar-refractivity contribution in [2.24, 2.45) is 5.92 Å². The lowest BCUT2D eigenvalue weighted by Crippen LogP contribution is -2.43. The van der Waals surface area contributed by atoms with E-state index >= 15 is 0 Å². The van der Waals surface area contributed by atoms with Crippen LogP contribution in [0.5, 0.6) is 5.75 Å². The maximum atomic E-state index is 11.6. The number of nitrogens with zero attached hydrogens (tertiary/aromatic N) is 3. The first kappa shape index (κ1) is 20.2. The summed E-state index contributed by atoms with van der Waals surface area (Å²) >= 11 is 6.41. The SMILES string of the molecule is C[C@@H](Oc1cc(-c2ccc(N3CCNCC3)cc2)cn2ncc(Cl)c12)C1CNC(=O)C1. The molecule has 0 saturated carbocycles. The Morgan fingerprint density at radius 1 is 1.19 bits per heavy atom. The Labute approximate surface area is 186 Å². The number of carbonyl (C=O) groups is 1. The minimum Gasteiger partial charge on any atom is -0.488 e. The second-order valence-electron chi connectivity index (χ2n) is 8.25. The monoisotopic (exact) mass is 439 g/mol. The number of fused-ring (bicyclic) bond motifs is 1. The number of rotatable bonds is 5. The number of anilines is 1. The molecule has 0 aliphatic carbocycles. The molecule has 2 saturated heterocycles. The molecule has 0 radical (unpaired) electrons. The minimum absolute atomic E-state index is 0.0753. The molecule has 2 atom stereocenters. The number of aromatic nitrogens is 2. The third-order valence-corrected chi connectivity index (χ3v) is 6.48. The van der Waals surface area contributed by atoms with Gasteiger partial charge in [0.15, 0.2) is 0 Å². The van der Waals surface area contributed by atoms with Crippen LogP contribution in [0.1, 0.15) is 13.3 Å². The van der Waals surface area contributed by atoms with E-state index in [2.05, 4.69) is 44.9 Å². The predicted molar refractivity (Wildman–Crippen MR) is 122 cm³/mol. The van der Waals surface area contributed by atoms with Gasteiger partial charge in [0.25, 0.3) is 0 Å². The van der Waals surface area contributed by atoms with Gasteiger partial charge in [-0.2, -0.15) is 5.10 Å². The molecule has 8 heteroatoms.